The van der Waals surface area contributed by atoms with Crippen LogP contribution in [-0.4, -0.2) is 16.8 Å². The molecule has 1 aliphatic carbocycles. The second kappa shape index (κ2) is 5.05. The van der Waals surface area contributed by atoms with E-state index >= 15 is 0 Å². The van der Waals surface area contributed by atoms with E-state index in [4.69, 9.17) is 5.73 Å². The number of carbonyl (C=O) groups excluding carboxylic acids is 1. The molecule has 0 atom stereocenters. The highest BCUT2D eigenvalue weighted by molar-refractivity contribution is 7.09. The van der Waals surface area contributed by atoms with Gasteiger partial charge in [0.1, 0.15) is 0 Å². The first kappa shape index (κ1) is 12.2. The van der Waals surface area contributed by atoms with Crippen molar-refractivity contribution in [3.63, 3.8) is 0 Å². The predicted molar refractivity (Wildman–Crippen MR) is 78.1 cm³/mol. The molecular formula is C15H16N2OS. The van der Waals surface area contributed by atoms with Crippen LogP contribution in [0.15, 0.2) is 41.8 Å². The number of hydrogen-bond acceptors (Lipinski definition) is 3. The molecule has 4 heteroatoms. The summed E-state index contributed by atoms with van der Waals surface area (Å²) in [6, 6.07) is 11.8. The van der Waals surface area contributed by atoms with Crippen molar-refractivity contribution in [3.05, 3.63) is 52.2 Å². The van der Waals surface area contributed by atoms with Crippen molar-refractivity contribution < 1.29 is 4.79 Å². The molecule has 2 aromatic rings. The monoisotopic (exact) mass is 272 g/mol. The molecule has 3 rings (SSSR count). The minimum absolute atomic E-state index is 0.0500. The number of hydrogen-bond donors (Lipinski definition) is 1. The molecule has 2 N–H and O–H groups in total. The van der Waals surface area contributed by atoms with Crippen LogP contribution in [0, 0.1) is 0 Å². The highest BCUT2D eigenvalue weighted by atomic mass is 32.1. The van der Waals surface area contributed by atoms with E-state index in [0.29, 0.717) is 23.8 Å². The van der Waals surface area contributed by atoms with Crippen LogP contribution >= 0.6 is 11.3 Å². The summed E-state index contributed by atoms with van der Waals surface area (Å²) in [4.78, 5) is 15.8. The third-order valence-corrected chi connectivity index (χ3v) is 4.21. The summed E-state index contributed by atoms with van der Waals surface area (Å²) in [5, 5.41) is 2.04. The first-order chi connectivity index (χ1) is 9.25. The summed E-state index contributed by atoms with van der Waals surface area (Å²) in [5.74, 6) is 0.0500. The Morgan fingerprint density at radius 1 is 1.26 bits per heavy atom. The van der Waals surface area contributed by atoms with Crippen LogP contribution < -0.4 is 5.73 Å². The second-order valence-electron chi connectivity index (χ2n) is 4.83. The zero-order valence-electron chi connectivity index (χ0n) is 10.6. The van der Waals surface area contributed by atoms with E-state index in [1.54, 1.807) is 17.4 Å². The predicted octanol–water partition coefficient (Wildman–Crippen LogP) is 3.14. The topological polar surface area (TPSA) is 46.3 Å². The standard InChI is InChI=1S/C15H16N2OS/c16-14-6-2-1-5-13(14)15(18)17(11-7-8-11)10-12-4-3-9-19-12/h1-6,9,11H,7-8,10,16H2. The molecular weight excluding hydrogens is 256 g/mol. The molecule has 19 heavy (non-hydrogen) atoms. The molecule has 0 saturated heterocycles. The summed E-state index contributed by atoms with van der Waals surface area (Å²) < 4.78 is 0. The van der Waals surface area contributed by atoms with Crippen LogP contribution in [0.2, 0.25) is 0 Å². The van der Waals surface area contributed by atoms with Crippen molar-refractivity contribution in [3.8, 4) is 0 Å². The molecule has 0 bridgehead atoms. The maximum absolute atomic E-state index is 12.6. The number of nitrogens with zero attached hydrogens (tertiary/aromatic N) is 1. The van der Waals surface area contributed by atoms with Gasteiger partial charge in [0.2, 0.25) is 0 Å². The maximum atomic E-state index is 12.6. The van der Waals surface area contributed by atoms with E-state index < -0.39 is 0 Å². The highest BCUT2D eigenvalue weighted by Gasteiger charge is 2.33. The number of para-hydroxylation sites is 1. The van der Waals surface area contributed by atoms with Gasteiger partial charge in [0.25, 0.3) is 5.91 Å². The molecule has 0 unspecified atom stereocenters. The van der Waals surface area contributed by atoms with Gasteiger partial charge in [-0.3, -0.25) is 4.79 Å². The molecule has 1 fully saturated rings. The van der Waals surface area contributed by atoms with E-state index in [9.17, 15) is 4.79 Å². The number of rotatable bonds is 4. The van der Waals surface area contributed by atoms with Crippen molar-refractivity contribution in [1.82, 2.24) is 4.90 Å². The van der Waals surface area contributed by atoms with Gasteiger partial charge in [-0.15, -0.1) is 11.3 Å². The highest BCUT2D eigenvalue weighted by Crippen LogP contribution is 2.31. The van der Waals surface area contributed by atoms with Gasteiger partial charge in [0.05, 0.1) is 12.1 Å². The fourth-order valence-electron chi connectivity index (χ4n) is 2.17. The molecule has 1 amide bonds. The molecule has 1 heterocycles. The number of anilines is 1. The van der Waals surface area contributed by atoms with Crippen LogP contribution in [0.1, 0.15) is 28.1 Å². The number of nitrogen functional groups attached to an aromatic ring is 1. The Morgan fingerprint density at radius 2 is 2.05 bits per heavy atom. The largest absolute Gasteiger partial charge is 0.398 e. The first-order valence-electron chi connectivity index (χ1n) is 6.43. The lowest BCUT2D eigenvalue weighted by atomic mass is 10.1. The van der Waals surface area contributed by atoms with Crippen LogP contribution in [-0.2, 0) is 6.54 Å². The first-order valence-corrected chi connectivity index (χ1v) is 7.31. The summed E-state index contributed by atoms with van der Waals surface area (Å²) in [5.41, 5.74) is 7.08. The minimum Gasteiger partial charge on any atom is -0.398 e. The van der Waals surface area contributed by atoms with Gasteiger partial charge in [-0.1, -0.05) is 18.2 Å². The number of nitrogens with two attached hydrogens (primary N) is 1. The Hall–Kier alpha value is -1.81. The lowest BCUT2D eigenvalue weighted by Crippen LogP contribution is -2.32. The molecule has 0 aliphatic heterocycles. The van der Waals surface area contributed by atoms with Crippen molar-refractivity contribution in [1.29, 1.82) is 0 Å². The van der Waals surface area contributed by atoms with Crippen molar-refractivity contribution in [2.75, 3.05) is 5.73 Å². The molecule has 1 saturated carbocycles. The normalized spacial score (nSPS) is 14.3. The fourth-order valence-corrected chi connectivity index (χ4v) is 2.87. The maximum Gasteiger partial charge on any atom is 0.256 e. The molecule has 0 spiro atoms. The molecule has 98 valence electrons. The van der Waals surface area contributed by atoms with Gasteiger partial charge in [0.15, 0.2) is 0 Å². The van der Waals surface area contributed by atoms with Crippen molar-refractivity contribution in [2.45, 2.75) is 25.4 Å². The summed E-state index contributed by atoms with van der Waals surface area (Å²) in [7, 11) is 0. The van der Waals surface area contributed by atoms with Crippen LogP contribution in [0.4, 0.5) is 5.69 Å². The Balaban J connectivity index is 1.84. The van der Waals surface area contributed by atoms with E-state index in [0.717, 1.165) is 12.8 Å². The van der Waals surface area contributed by atoms with Gasteiger partial charge >= 0.3 is 0 Å². The van der Waals surface area contributed by atoms with Crippen molar-refractivity contribution in [2.24, 2.45) is 0 Å². The lowest BCUT2D eigenvalue weighted by Gasteiger charge is -2.22. The molecule has 0 radical (unpaired) electrons. The van der Waals surface area contributed by atoms with Gasteiger partial charge in [0, 0.05) is 16.6 Å². The zero-order chi connectivity index (χ0) is 13.2. The molecule has 1 aromatic carbocycles. The SMILES string of the molecule is Nc1ccccc1C(=O)N(Cc1cccs1)C1CC1. The van der Waals surface area contributed by atoms with Gasteiger partial charge in [-0.25, -0.2) is 0 Å². The third kappa shape index (κ3) is 2.63. The Kier molecular flexibility index (Phi) is 3.25. The summed E-state index contributed by atoms with van der Waals surface area (Å²) in [6.07, 6.45) is 2.20. The Morgan fingerprint density at radius 3 is 2.68 bits per heavy atom. The third-order valence-electron chi connectivity index (χ3n) is 3.35. The van der Waals surface area contributed by atoms with Crippen LogP contribution in [0.3, 0.4) is 0 Å². The minimum atomic E-state index is 0.0500. The molecule has 1 aliphatic rings. The van der Waals surface area contributed by atoms with Gasteiger partial charge in [-0.05, 0) is 36.4 Å². The molecule has 3 nitrogen and oxygen atoms in total. The lowest BCUT2D eigenvalue weighted by molar-refractivity contribution is 0.0733. The average Bonchev–Trinajstić information content (AvgIpc) is 3.13. The van der Waals surface area contributed by atoms with E-state index in [1.165, 1.54) is 4.88 Å². The average molecular weight is 272 g/mol. The quantitative estimate of drug-likeness (QED) is 0.869. The summed E-state index contributed by atoms with van der Waals surface area (Å²) >= 11 is 1.69. The van der Waals surface area contributed by atoms with Crippen molar-refractivity contribution >= 4 is 22.9 Å². The summed E-state index contributed by atoms with van der Waals surface area (Å²) in [6.45, 7) is 0.690. The number of thiophene rings is 1. The Labute approximate surface area is 116 Å². The number of benzene rings is 1. The van der Waals surface area contributed by atoms with E-state index in [1.807, 2.05) is 34.5 Å². The zero-order valence-corrected chi connectivity index (χ0v) is 11.4. The fraction of sp³-hybridized carbons (Fsp3) is 0.267. The number of amides is 1. The van der Waals surface area contributed by atoms with Gasteiger partial charge in [-0.2, -0.15) is 0 Å². The smallest absolute Gasteiger partial charge is 0.256 e. The van der Waals surface area contributed by atoms with Crippen LogP contribution in [0.5, 0.6) is 0 Å². The number of carbonyl (C=O) groups is 1. The Bertz CT molecular complexity index is 576. The second-order valence-corrected chi connectivity index (χ2v) is 5.86. The van der Waals surface area contributed by atoms with E-state index in [2.05, 4.69) is 6.07 Å². The van der Waals surface area contributed by atoms with E-state index in [-0.39, 0.29) is 5.91 Å². The van der Waals surface area contributed by atoms with Gasteiger partial charge < -0.3 is 10.6 Å². The van der Waals surface area contributed by atoms with Crippen LogP contribution in [0.25, 0.3) is 0 Å². The molecule has 1 aromatic heterocycles.